The molecule has 1 nitrogen and oxygen atoms in total. The van der Waals surface area contributed by atoms with Crippen LogP contribution in [0.3, 0.4) is 0 Å². The van der Waals surface area contributed by atoms with Gasteiger partial charge in [0.15, 0.2) is 0 Å². The minimum atomic E-state index is 1.13. The Labute approximate surface area is 321 Å². The fraction of sp³-hybridized carbons (Fsp3) is 0. The lowest BCUT2D eigenvalue weighted by Gasteiger charge is -2.29. The van der Waals surface area contributed by atoms with E-state index in [0.29, 0.717) is 0 Å². The smallest absolute Gasteiger partial charge is 0.0468 e. The first kappa shape index (κ1) is 31.3. The topological polar surface area (TPSA) is 3.24 Å². The Hall–Kier alpha value is -7.22. The maximum atomic E-state index is 2.47. The van der Waals surface area contributed by atoms with Crippen LogP contribution in [0.25, 0.3) is 88.0 Å². The highest BCUT2D eigenvalue weighted by molar-refractivity contribution is 6.24. The Kier molecular flexibility index (Phi) is 7.25. The van der Waals surface area contributed by atoms with Crippen molar-refractivity contribution in [1.82, 2.24) is 0 Å². The van der Waals surface area contributed by atoms with Crippen molar-refractivity contribution >= 4 is 49.4 Å². The SMILES string of the molecule is c1ccc(-c2ccc(N(c3ccccc3)c3ccc4cc5c(cc4c3)-c3cc4c(-c6ccccc6)c6ccccc6c(-c6ccccc6)c4cc3-5)cc2)cc1. The molecule has 0 amide bonds. The molecule has 0 N–H and O–H groups in total. The molecular formula is C54H35N. The van der Waals surface area contributed by atoms with Gasteiger partial charge in [-0.3, -0.25) is 0 Å². The molecule has 0 bridgehead atoms. The number of fused-ring (bicyclic) bond motifs is 7. The highest BCUT2D eigenvalue weighted by Gasteiger charge is 2.27. The lowest BCUT2D eigenvalue weighted by Crippen LogP contribution is -2.09. The van der Waals surface area contributed by atoms with Crippen LogP contribution in [0, 0.1) is 0 Å². The molecule has 0 heterocycles. The average Bonchev–Trinajstić information content (AvgIpc) is 3.26. The second kappa shape index (κ2) is 12.7. The number of rotatable bonds is 6. The number of nitrogens with zero attached hydrogens (tertiary/aromatic N) is 1. The predicted octanol–water partition coefficient (Wildman–Crippen LogP) is 15.3. The molecule has 10 aromatic rings. The summed E-state index contributed by atoms with van der Waals surface area (Å²) in [6.45, 7) is 0. The number of hydrogen-bond acceptors (Lipinski definition) is 1. The summed E-state index contributed by atoms with van der Waals surface area (Å²) < 4.78 is 0. The van der Waals surface area contributed by atoms with Gasteiger partial charge in [0.05, 0.1) is 0 Å². The second-order valence-corrected chi connectivity index (χ2v) is 14.5. The molecule has 0 saturated heterocycles. The van der Waals surface area contributed by atoms with Gasteiger partial charge in [-0.2, -0.15) is 0 Å². The van der Waals surface area contributed by atoms with Crippen LogP contribution < -0.4 is 4.90 Å². The van der Waals surface area contributed by atoms with Gasteiger partial charge in [0.2, 0.25) is 0 Å². The van der Waals surface area contributed by atoms with E-state index in [1.165, 1.54) is 88.0 Å². The van der Waals surface area contributed by atoms with E-state index in [0.717, 1.165) is 17.1 Å². The van der Waals surface area contributed by atoms with Crippen LogP contribution in [-0.4, -0.2) is 0 Å². The Morgan fingerprint density at radius 3 is 1.18 bits per heavy atom. The fourth-order valence-corrected chi connectivity index (χ4v) is 8.77. The van der Waals surface area contributed by atoms with Crippen molar-refractivity contribution in [3.8, 4) is 55.6 Å². The molecule has 256 valence electrons. The van der Waals surface area contributed by atoms with Crippen molar-refractivity contribution in [1.29, 1.82) is 0 Å². The number of hydrogen-bond donors (Lipinski definition) is 0. The van der Waals surface area contributed by atoms with E-state index in [1.807, 2.05) is 0 Å². The molecule has 11 rings (SSSR count). The lowest BCUT2D eigenvalue weighted by molar-refractivity contribution is 1.29. The third-order valence-electron chi connectivity index (χ3n) is 11.3. The van der Waals surface area contributed by atoms with Crippen LogP contribution in [0.15, 0.2) is 212 Å². The zero-order valence-corrected chi connectivity index (χ0v) is 30.2. The molecule has 55 heavy (non-hydrogen) atoms. The van der Waals surface area contributed by atoms with E-state index in [2.05, 4.69) is 217 Å². The highest BCUT2D eigenvalue weighted by atomic mass is 15.1. The van der Waals surface area contributed by atoms with E-state index in [1.54, 1.807) is 0 Å². The standard InChI is InChI=1S/C54H35N/c1-5-15-36(16-6-1)37-25-28-43(29-26-37)55(42-21-11-4-12-22-42)44-30-27-40-32-47-48(33-41(40)31-44)50-35-52-51(34-49(47)50)53(38-17-7-2-8-18-38)45-23-13-14-24-46(45)54(52)39-19-9-3-10-20-39/h1-35H. The third kappa shape index (κ3) is 5.16. The summed E-state index contributed by atoms with van der Waals surface area (Å²) in [4.78, 5) is 2.36. The molecule has 1 aliphatic rings. The number of anilines is 3. The fourth-order valence-electron chi connectivity index (χ4n) is 8.77. The molecule has 1 aliphatic carbocycles. The van der Waals surface area contributed by atoms with Gasteiger partial charge in [0.1, 0.15) is 0 Å². The Morgan fingerprint density at radius 1 is 0.236 bits per heavy atom. The zero-order valence-electron chi connectivity index (χ0n) is 30.2. The predicted molar refractivity (Wildman–Crippen MR) is 234 cm³/mol. The van der Waals surface area contributed by atoms with Gasteiger partial charge in [0, 0.05) is 17.1 Å². The first-order valence-electron chi connectivity index (χ1n) is 19.0. The van der Waals surface area contributed by atoms with Gasteiger partial charge in [-0.15, -0.1) is 0 Å². The monoisotopic (exact) mass is 697 g/mol. The highest BCUT2D eigenvalue weighted by Crippen LogP contribution is 2.54. The first-order valence-corrected chi connectivity index (χ1v) is 19.0. The van der Waals surface area contributed by atoms with Gasteiger partial charge in [-0.1, -0.05) is 152 Å². The van der Waals surface area contributed by atoms with E-state index >= 15 is 0 Å². The molecule has 1 heteroatoms. The molecular weight excluding hydrogens is 663 g/mol. The average molecular weight is 698 g/mol. The van der Waals surface area contributed by atoms with Crippen molar-refractivity contribution in [3.05, 3.63) is 212 Å². The third-order valence-corrected chi connectivity index (χ3v) is 11.3. The van der Waals surface area contributed by atoms with E-state index < -0.39 is 0 Å². The molecule has 0 fully saturated rings. The molecule has 10 aromatic carbocycles. The maximum Gasteiger partial charge on any atom is 0.0468 e. The van der Waals surface area contributed by atoms with E-state index in [9.17, 15) is 0 Å². The zero-order chi connectivity index (χ0) is 36.3. The van der Waals surface area contributed by atoms with Crippen LogP contribution in [0.1, 0.15) is 0 Å². The molecule has 0 radical (unpaired) electrons. The molecule has 0 atom stereocenters. The summed E-state index contributed by atoms with van der Waals surface area (Å²) in [6, 6.07) is 77.5. The van der Waals surface area contributed by atoms with Crippen molar-refractivity contribution < 1.29 is 0 Å². The van der Waals surface area contributed by atoms with Crippen LogP contribution in [-0.2, 0) is 0 Å². The minimum absolute atomic E-state index is 1.13. The van der Waals surface area contributed by atoms with E-state index in [4.69, 9.17) is 0 Å². The second-order valence-electron chi connectivity index (χ2n) is 14.5. The van der Waals surface area contributed by atoms with Gasteiger partial charge < -0.3 is 4.90 Å². The summed E-state index contributed by atoms with van der Waals surface area (Å²) in [5, 5.41) is 7.61. The van der Waals surface area contributed by atoms with Gasteiger partial charge in [-0.25, -0.2) is 0 Å². The van der Waals surface area contributed by atoms with Crippen LogP contribution >= 0.6 is 0 Å². The largest absolute Gasteiger partial charge is 0.310 e. The van der Waals surface area contributed by atoms with Crippen molar-refractivity contribution in [2.75, 3.05) is 4.90 Å². The molecule has 0 aliphatic heterocycles. The lowest BCUT2D eigenvalue weighted by atomic mass is 9.75. The summed E-state index contributed by atoms with van der Waals surface area (Å²) in [5.41, 5.74) is 16.2. The number of para-hydroxylation sites is 1. The Bertz CT molecular complexity index is 3040. The summed E-state index contributed by atoms with van der Waals surface area (Å²) in [5.74, 6) is 0. The van der Waals surface area contributed by atoms with Crippen LogP contribution in [0.5, 0.6) is 0 Å². The summed E-state index contributed by atoms with van der Waals surface area (Å²) in [7, 11) is 0. The van der Waals surface area contributed by atoms with Crippen molar-refractivity contribution in [2.45, 2.75) is 0 Å². The molecule has 0 unspecified atom stereocenters. The number of benzene rings is 10. The van der Waals surface area contributed by atoms with Gasteiger partial charge in [-0.05, 0) is 149 Å². The maximum absolute atomic E-state index is 2.47. The Morgan fingerprint density at radius 2 is 0.636 bits per heavy atom. The van der Waals surface area contributed by atoms with E-state index in [-0.39, 0.29) is 0 Å². The normalized spacial score (nSPS) is 11.6. The van der Waals surface area contributed by atoms with Crippen molar-refractivity contribution in [2.24, 2.45) is 0 Å². The molecule has 0 spiro atoms. The molecule has 0 aromatic heterocycles. The summed E-state index contributed by atoms with van der Waals surface area (Å²) in [6.07, 6.45) is 0. The minimum Gasteiger partial charge on any atom is -0.310 e. The van der Waals surface area contributed by atoms with Crippen molar-refractivity contribution in [3.63, 3.8) is 0 Å². The van der Waals surface area contributed by atoms with Crippen LogP contribution in [0.4, 0.5) is 17.1 Å². The molecule has 0 saturated carbocycles. The Balaban J connectivity index is 1.08. The quantitative estimate of drug-likeness (QED) is 0.156. The summed E-state index contributed by atoms with van der Waals surface area (Å²) >= 11 is 0. The van der Waals surface area contributed by atoms with Gasteiger partial charge >= 0.3 is 0 Å². The van der Waals surface area contributed by atoms with Crippen LogP contribution in [0.2, 0.25) is 0 Å². The van der Waals surface area contributed by atoms with Gasteiger partial charge in [0.25, 0.3) is 0 Å². The first-order chi connectivity index (χ1) is 27.3.